The van der Waals surface area contributed by atoms with Crippen LogP contribution in [0.1, 0.15) is 28.8 Å². The summed E-state index contributed by atoms with van der Waals surface area (Å²) in [5.74, 6) is -0.114. The summed E-state index contributed by atoms with van der Waals surface area (Å²) >= 11 is 0. The largest absolute Gasteiger partial charge is 0.374 e. The van der Waals surface area contributed by atoms with Crippen LogP contribution in [0, 0.1) is 0 Å². The fourth-order valence-electron chi connectivity index (χ4n) is 3.20. The number of rotatable bonds is 8. The summed E-state index contributed by atoms with van der Waals surface area (Å²) in [7, 11) is 0. The molecule has 0 bridgehead atoms. The number of ketones is 1. The van der Waals surface area contributed by atoms with Gasteiger partial charge in [-0.05, 0) is 5.56 Å². The standard InChI is InChI=1S/C22H26N2O3/c25-21(19-9-5-2-6-10-19)11-12-22(26)23-15-20-17-24(13-14-27-20)16-18-7-3-1-4-8-18/h1-10,20H,11-17H2,(H,23,26)/t20-/m0/s1. The lowest BCUT2D eigenvalue weighted by atomic mass is 10.1. The Morgan fingerprint density at radius 3 is 2.44 bits per heavy atom. The summed E-state index contributed by atoms with van der Waals surface area (Å²) in [6.45, 7) is 3.72. The van der Waals surface area contributed by atoms with E-state index in [0.717, 1.165) is 19.6 Å². The number of hydrogen-bond acceptors (Lipinski definition) is 4. The summed E-state index contributed by atoms with van der Waals surface area (Å²) in [5.41, 5.74) is 1.93. The van der Waals surface area contributed by atoms with Crippen LogP contribution >= 0.6 is 0 Å². The van der Waals surface area contributed by atoms with Crippen LogP contribution in [0.2, 0.25) is 0 Å². The molecule has 1 amide bonds. The number of carbonyl (C=O) groups is 2. The van der Waals surface area contributed by atoms with Crippen molar-refractivity contribution in [3.63, 3.8) is 0 Å². The molecule has 1 aliphatic heterocycles. The Morgan fingerprint density at radius 1 is 1.00 bits per heavy atom. The molecular formula is C22H26N2O3. The number of carbonyl (C=O) groups excluding carboxylic acids is 2. The van der Waals surface area contributed by atoms with Gasteiger partial charge in [-0.25, -0.2) is 0 Å². The highest BCUT2D eigenvalue weighted by molar-refractivity contribution is 5.97. The fraction of sp³-hybridized carbons (Fsp3) is 0.364. The molecule has 5 nitrogen and oxygen atoms in total. The maximum atomic E-state index is 12.1. The van der Waals surface area contributed by atoms with Gasteiger partial charge in [-0.2, -0.15) is 0 Å². The van der Waals surface area contributed by atoms with E-state index in [2.05, 4.69) is 22.3 Å². The number of benzene rings is 2. The molecule has 0 saturated carbocycles. The van der Waals surface area contributed by atoms with E-state index in [-0.39, 0.29) is 30.6 Å². The fourth-order valence-corrected chi connectivity index (χ4v) is 3.20. The van der Waals surface area contributed by atoms with Crippen LogP contribution in [0.5, 0.6) is 0 Å². The highest BCUT2D eigenvalue weighted by Gasteiger charge is 2.21. The van der Waals surface area contributed by atoms with Crippen LogP contribution in [0.3, 0.4) is 0 Å². The minimum absolute atomic E-state index is 0.00583. The molecule has 0 aliphatic carbocycles. The highest BCUT2D eigenvalue weighted by Crippen LogP contribution is 2.10. The Morgan fingerprint density at radius 2 is 1.70 bits per heavy atom. The Labute approximate surface area is 160 Å². The van der Waals surface area contributed by atoms with E-state index in [9.17, 15) is 9.59 Å². The number of morpholine rings is 1. The topological polar surface area (TPSA) is 58.6 Å². The van der Waals surface area contributed by atoms with Gasteiger partial charge < -0.3 is 10.1 Å². The zero-order valence-corrected chi connectivity index (χ0v) is 15.5. The van der Waals surface area contributed by atoms with E-state index in [1.807, 2.05) is 36.4 Å². The van der Waals surface area contributed by atoms with Crippen molar-refractivity contribution in [3.05, 3.63) is 71.8 Å². The minimum Gasteiger partial charge on any atom is -0.374 e. The normalized spacial score (nSPS) is 17.4. The number of nitrogens with one attached hydrogen (secondary N) is 1. The predicted octanol–water partition coefficient (Wildman–Crippen LogP) is 2.67. The summed E-state index contributed by atoms with van der Waals surface area (Å²) in [6.07, 6.45) is 0.409. The Balaban J connectivity index is 1.37. The molecule has 1 N–H and O–H groups in total. The lowest BCUT2D eigenvalue weighted by Gasteiger charge is -2.33. The molecule has 2 aromatic carbocycles. The smallest absolute Gasteiger partial charge is 0.220 e. The van der Waals surface area contributed by atoms with Gasteiger partial charge in [0.15, 0.2) is 5.78 Å². The van der Waals surface area contributed by atoms with Crippen LogP contribution in [-0.4, -0.2) is 48.9 Å². The van der Waals surface area contributed by atoms with Crippen LogP contribution in [-0.2, 0) is 16.1 Å². The number of Topliss-reactive ketones (excluding diaryl/α,β-unsaturated/α-hetero) is 1. The minimum atomic E-state index is -0.108. The maximum absolute atomic E-state index is 12.1. The number of ether oxygens (including phenoxy) is 1. The van der Waals surface area contributed by atoms with Crippen molar-refractivity contribution in [3.8, 4) is 0 Å². The van der Waals surface area contributed by atoms with Crippen LogP contribution in [0.25, 0.3) is 0 Å². The molecule has 0 radical (unpaired) electrons. The van der Waals surface area contributed by atoms with Gasteiger partial charge in [0.2, 0.25) is 5.91 Å². The lowest BCUT2D eigenvalue weighted by molar-refractivity contribution is -0.122. The van der Waals surface area contributed by atoms with E-state index in [1.54, 1.807) is 12.1 Å². The van der Waals surface area contributed by atoms with E-state index in [0.29, 0.717) is 18.7 Å². The van der Waals surface area contributed by atoms with Crippen molar-refractivity contribution in [2.24, 2.45) is 0 Å². The predicted molar refractivity (Wildman–Crippen MR) is 104 cm³/mol. The second-order valence-electron chi connectivity index (χ2n) is 6.81. The lowest BCUT2D eigenvalue weighted by Crippen LogP contribution is -2.47. The van der Waals surface area contributed by atoms with Crippen molar-refractivity contribution < 1.29 is 14.3 Å². The van der Waals surface area contributed by atoms with Gasteiger partial charge in [0, 0.05) is 44.6 Å². The molecule has 142 valence electrons. The molecule has 1 saturated heterocycles. The van der Waals surface area contributed by atoms with Crippen molar-refractivity contribution in [1.29, 1.82) is 0 Å². The van der Waals surface area contributed by atoms with Gasteiger partial charge >= 0.3 is 0 Å². The van der Waals surface area contributed by atoms with Crippen LogP contribution in [0.4, 0.5) is 0 Å². The quantitative estimate of drug-likeness (QED) is 0.730. The maximum Gasteiger partial charge on any atom is 0.220 e. The summed E-state index contributed by atoms with van der Waals surface area (Å²) < 4.78 is 5.77. The molecule has 0 spiro atoms. The second-order valence-corrected chi connectivity index (χ2v) is 6.81. The van der Waals surface area contributed by atoms with E-state index in [1.165, 1.54) is 5.56 Å². The first kappa shape index (κ1) is 19.3. The Kier molecular flexibility index (Phi) is 7.13. The molecule has 0 aromatic heterocycles. The SMILES string of the molecule is O=C(CCC(=O)c1ccccc1)NC[C@H]1CN(Cc2ccccc2)CCO1. The summed E-state index contributed by atoms with van der Waals surface area (Å²) in [6, 6.07) is 19.4. The number of amides is 1. The molecule has 1 heterocycles. The molecule has 1 aliphatic rings. The van der Waals surface area contributed by atoms with Crippen molar-refractivity contribution in [2.75, 3.05) is 26.2 Å². The number of hydrogen-bond donors (Lipinski definition) is 1. The van der Waals surface area contributed by atoms with Gasteiger partial charge in [-0.3, -0.25) is 14.5 Å². The first-order valence-corrected chi connectivity index (χ1v) is 9.43. The molecule has 3 rings (SSSR count). The zero-order valence-electron chi connectivity index (χ0n) is 15.5. The molecular weight excluding hydrogens is 340 g/mol. The third kappa shape index (κ3) is 6.31. The first-order chi connectivity index (χ1) is 13.2. The van der Waals surface area contributed by atoms with E-state index >= 15 is 0 Å². The number of nitrogens with zero attached hydrogens (tertiary/aromatic N) is 1. The van der Waals surface area contributed by atoms with Crippen molar-refractivity contribution in [2.45, 2.75) is 25.5 Å². The van der Waals surface area contributed by atoms with Crippen molar-refractivity contribution in [1.82, 2.24) is 10.2 Å². The molecule has 0 unspecified atom stereocenters. The van der Waals surface area contributed by atoms with Crippen LogP contribution < -0.4 is 5.32 Å². The van der Waals surface area contributed by atoms with Gasteiger partial charge in [-0.1, -0.05) is 60.7 Å². The van der Waals surface area contributed by atoms with Gasteiger partial charge in [-0.15, -0.1) is 0 Å². The van der Waals surface area contributed by atoms with Crippen molar-refractivity contribution >= 4 is 11.7 Å². The van der Waals surface area contributed by atoms with E-state index < -0.39 is 0 Å². The van der Waals surface area contributed by atoms with Gasteiger partial charge in [0.05, 0.1) is 12.7 Å². The molecule has 27 heavy (non-hydrogen) atoms. The molecule has 5 heteroatoms. The van der Waals surface area contributed by atoms with Gasteiger partial charge in [0.1, 0.15) is 0 Å². The zero-order chi connectivity index (χ0) is 18.9. The molecule has 2 aromatic rings. The van der Waals surface area contributed by atoms with E-state index in [4.69, 9.17) is 4.74 Å². The van der Waals surface area contributed by atoms with Crippen LogP contribution in [0.15, 0.2) is 60.7 Å². The third-order valence-electron chi connectivity index (χ3n) is 4.67. The average molecular weight is 366 g/mol. The summed E-state index contributed by atoms with van der Waals surface area (Å²) in [4.78, 5) is 26.5. The summed E-state index contributed by atoms with van der Waals surface area (Å²) in [5, 5.41) is 2.90. The highest BCUT2D eigenvalue weighted by atomic mass is 16.5. The Bertz CT molecular complexity index is 734. The third-order valence-corrected chi connectivity index (χ3v) is 4.67. The first-order valence-electron chi connectivity index (χ1n) is 9.43. The van der Waals surface area contributed by atoms with Gasteiger partial charge in [0.25, 0.3) is 0 Å². The average Bonchev–Trinajstić information content (AvgIpc) is 2.72. The molecule has 1 atom stereocenters. The monoisotopic (exact) mass is 366 g/mol. The second kappa shape index (κ2) is 10.00. The molecule has 1 fully saturated rings. The Hall–Kier alpha value is -2.50.